The van der Waals surface area contributed by atoms with Gasteiger partial charge in [-0.1, -0.05) is 6.08 Å². The summed E-state index contributed by atoms with van der Waals surface area (Å²) in [5.41, 5.74) is 0. The Morgan fingerprint density at radius 3 is 3.00 bits per heavy atom. The van der Waals surface area contributed by atoms with Crippen molar-refractivity contribution < 1.29 is 9.53 Å². The first kappa shape index (κ1) is 6.49. The summed E-state index contributed by atoms with van der Waals surface area (Å²) in [5.74, 6) is 0.174. The van der Waals surface area contributed by atoms with Gasteiger partial charge in [-0.3, -0.25) is 4.79 Å². The highest BCUT2D eigenvalue weighted by Gasteiger charge is 2.13. The van der Waals surface area contributed by atoms with E-state index in [0.717, 1.165) is 6.42 Å². The van der Waals surface area contributed by atoms with Crippen molar-refractivity contribution in [1.29, 1.82) is 0 Å². The fraction of sp³-hybridized carbons (Fsp3) is 0.571. The summed E-state index contributed by atoms with van der Waals surface area (Å²) in [5, 5.41) is 0. The zero-order valence-electron chi connectivity index (χ0n) is 5.46. The average Bonchev–Trinajstić information content (AvgIpc) is 1.88. The maximum absolute atomic E-state index is 10.7. The molecule has 9 heavy (non-hydrogen) atoms. The first-order valence-corrected chi connectivity index (χ1v) is 3.05. The Bertz CT molecular complexity index is 138. The van der Waals surface area contributed by atoms with Crippen molar-refractivity contribution in [3.8, 4) is 0 Å². The molecule has 0 N–H and O–H groups in total. The molecule has 0 saturated heterocycles. The van der Waals surface area contributed by atoms with Crippen molar-refractivity contribution >= 4 is 5.78 Å². The third-order valence-corrected chi connectivity index (χ3v) is 1.46. The van der Waals surface area contributed by atoms with E-state index < -0.39 is 0 Å². The number of hydrogen-bond acceptors (Lipinski definition) is 2. The average molecular weight is 126 g/mol. The molecule has 0 fully saturated rings. The maximum atomic E-state index is 10.7. The summed E-state index contributed by atoms with van der Waals surface area (Å²) >= 11 is 0. The zero-order chi connectivity index (χ0) is 6.69. The number of methoxy groups -OCH3 is 1. The van der Waals surface area contributed by atoms with Gasteiger partial charge >= 0.3 is 0 Å². The van der Waals surface area contributed by atoms with Gasteiger partial charge in [0.2, 0.25) is 0 Å². The van der Waals surface area contributed by atoms with Crippen LogP contribution in [0.1, 0.15) is 12.8 Å². The maximum Gasteiger partial charge on any atom is 0.157 e. The van der Waals surface area contributed by atoms with E-state index in [4.69, 9.17) is 4.74 Å². The van der Waals surface area contributed by atoms with E-state index in [1.807, 2.05) is 6.08 Å². The van der Waals surface area contributed by atoms with E-state index in [1.54, 1.807) is 13.2 Å². The van der Waals surface area contributed by atoms with Crippen molar-refractivity contribution in [1.82, 2.24) is 0 Å². The molecule has 0 radical (unpaired) electrons. The number of ether oxygens (including phenoxy) is 1. The highest BCUT2D eigenvalue weighted by molar-refractivity contribution is 5.90. The van der Waals surface area contributed by atoms with Gasteiger partial charge in [0.15, 0.2) is 5.78 Å². The monoisotopic (exact) mass is 126 g/mol. The smallest absolute Gasteiger partial charge is 0.157 e. The Kier molecular flexibility index (Phi) is 2.01. The van der Waals surface area contributed by atoms with Crippen molar-refractivity contribution in [2.24, 2.45) is 0 Å². The minimum atomic E-state index is 0.127. The normalized spacial score (nSPS) is 26.8. The molecule has 0 aromatic carbocycles. The highest BCUT2D eigenvalue weighted by atomic mass is 16.5. The van der Waals surface area contributed by atoms with Crippen LogP contribution >= 0.6 is 0 Å². The van der Waals surface area contributed by atoms with Crippen LogP contribution in [0.25, 0.3) is 0 Å². The van der Waals surface area contributed by atoms with Crippen molar-refractivity contribution in [2.45, 2.75) is 18.9 Å². The van der Waals surface area contributed by atoms with Gasteiger partial charge in [0.05, 0.1) is 6.10 Å². The predicted molar refractivity (Wildman–Crippen MR) is 34.2 cm³/mol. The van der Waals surface area contributed by atoms with E-state index in [2.05, 4.69) is 0 Å². The Hall–Kier alpha value is -0.630. The molecular weight excluding hydrogens is 116 g/mol. The molecule has 0 aliphatic heterocycles. The first-order chi connectivity index (χ1) is 4.33. The molecule has 1 aliphatic rings. The summed E-state index contributed by atoms with van der Waals surface area (Å²) in [6, 6.07) is 0. The lowest BCUT2D eigenvalue weighted by Gasteiger charge is -2.13. The van der Waals surface area contributed by atoms with Gasteiger partial charge in [-0.05, 0) is 12.5 Å². The molecule has 0 bridgehead atoms. The van der Waals surface area contributed by atoms with Crippen molar-refractivity contribution in [3.63, 3.8) is 0 Å². The van der Waals surface area contributed by atoms with Crippen LogP contribution in [0.4, 0.5) is 0 Å². The molecule has 0 heterocycles. The second-order valence-electron chi connectivity index (χ2n) is 2.17. The summed E-state index contributed by atoms with van der Waals surface area (Å²) in [6.07, 6.45) is 5.03. The Morgan fingerprint density at radius 1 is 1.78 bits per heavy atom. The lowest BCUT2D eigenvalue weighted by molar-refractivity contribution is -0.117. The van der Waals surface area contributed by atoms with Crippen LogP contribution in [0.2, 0.25) is 0 Å². The lowest BCUT2D eigenvalue weighted by Crippen LogP contribution is -2.17. The standard InChI is InChI=1S/C7H10O2/c1-9-7-4-2-3-6(8)5-7/h2-3,7H,4-5H2,1H3. The van der Waals surface area contributed by atoms with Gasteiger partial charge in [0.1, 0.15) is 0 Å². The largest absolute Gasteiger partial charge is 0.381 e. The SMILES string of the molecule is COC1CC=CC(=O)C1. The van der Waals surface area contributed by atoms with Crippen LogP contribution in [-0.2, 0) is 9.53 Å². The molecule has 0 amide bonds. The first-order valence-electron chi connectivity index (χ1n) is 3.05. The number of carbonyl (C=O) groups excluding carboxylic acids is 1. The molecule has 1 aliphatic carbocycles. The molecule has 0 aromatic heterocycles. The van der Waals surface area contributed by atoms with E-state index in [1.165, 1.54) is 0 Å². The van der Waals surface area contributed by atoms with Crippen molar-refractivity contribution in [3.05, 3.63) is 12.2 Å². The predicted octanol–water partition coefficient (Wildman–Crippen LogP) is 0.920. The molecule has 1 atom stereocenters. The highest BCUT2D eigenvalue weighted by Crippen LogP contribution is 2.09. The van der Waals surface area contributed by atoms with E-state index in [-0.39, 0.29) is 11.9 Å². The lowest BCUT2D eigenvalue weighted by atomic mass is 10.0. The summed E-state index contributed by atoms with van der Waals surface area (Å²) < 4.78 is 4.99. The van der Waals surface area contributed by atoms with Gasteiger partial charge in [-0.2, -0.15) is 0 Å². The molecule has 0 spiro atoms. The third kappa shape index (κ3) is 1.64. The van der Waals surface area contributed by atoms with Gasteiger partial charge in [0, 0.05) is 13.5 Å². The quantitative estimate of drug-likeness (QED) is 0.522. The number of ketones is 1. The molecule has 1 rings (SSSR count). The van der Waals surface area contributed by atoms with E-state index in [9.17, 15) is 4.79 Å². The van der Waals surface area contributed by atoms with Crippen LogP contribution in [0, 0.1) is 0 Å². The summed E-state index contributed by atoms with van der Waals surface area (Å²) in [4.78, 5) is 10.7. The van der Waals surface area contributed by atoms with Crippen LogP contribution in [0.5, 0.6) is 0 Å². The van der Waals surface area contributed by atoms with Crippen LogP contribution in [0.3, 0.4) is 0 Å². The van der Waals surface area contributed by atoms with Crippen molar-refractivity contribution in [2.75, 3.05) is 7.11 Å². The van der Waals surface area contributed by atoms with Gasteiger partial charge in [-0.25, -0.2) is 0 Å². The van der Waals surface area contributed by atoms with Gasteiger partial charge in [0.25, 0.3) is 0 Å². The van der Waals surface area contributed by atoms with Crippen LogP contribution in [0.15, 0.2) is 12.2 Å². The molecule has 1 unspecified atom stereocenters. The second kappa shape index (κ2) is 2.78. The zero-order valence-corrected chi connectivity index (χ0v) is 5.46. The third-order valence-electron chi connectivity index (χ3n) is 1.46. The minimum Gasteiger partial charge on any atom is -0.381 e. The van der Waals surface area contributed by atoms with Gasteiger partial charge < -0.3 is 4.74 Å². The fourth-order valence-electron chi connectivity index (χ4n) is 0.907. The molecule has 0 saturated carbocycles. The van der Waals surface area contributed by atoms with Gasteiger partial charge in [-0.15, -0.1) is 0 Å². The summed E-state index contributed by atoms with van der Waals surface area (Å²) in [6.45, 7) is 0. The van der Waals surface area contributed by atoms with E-state index >= 15 is 0 Å². The number of carbonyl (C=O) groups is 1. The molecule has 2 nitrogen and oxygen atoms in total. The van der Waals surface area contributed by atoms with E-state index in [0.29, 0.717) is 6.42 Å². The second-order valence-corrected chi connectivity index (χ2v) is 2.17. The molecule has 0 aromatic rings. The molecular formula is C7H10O2. The van der Waals surface area contributed by atoms with Crippen LogP contribution in [-0.4, -0.2) is 19.0 Å². The Balaban J connectivity index is 2.47. The number of rotatable bonds is 1. The molecule has 2 heteroatoms. The molecule has 50 valence electrons. The minimum absolute atomic E-state index is 0.127. The fourth-order valence-corrected chi connectivity index (χ4v) is 0.907. The summed E-state index contributed by atoms with van der Waals surface area (Å²) in [7, 11) is 1.64. The van der Waals surface area contributed by atoms with Crippen LogP contribution < -0.4 is 0 Å². The topological polar surface area (TPSA) is 26.3 Å². The Morgan fingerprint density at radius 2 is 2.56 bits per heavy atom. The number of allylic oxidation sites excluding steroid dienone is 1. The number of hydrogen-bond donors (Lipinski definition) is 0. The Labute approximate surface area is 54.5 Å².